The van der Waals surface area contributed by atoms with Crippen molar-refractivity contribution >= 4 is 17.5 Å². The summed E-state index contributed by atoms with van der Waals surface area (Å²) in [5.41, 5.74) is 3.05. The highest BCUT2D eigenvalue weighted by atomic mass is 16.1. The van der Waals surface area contributed by atoms with Crippen LogP contribution < -0.4 is 15.1 Å². The van der Waals surface area contributed by atoms with E-state index in [4.69, 9.17) is 0 Å². The van der Waals surface area contributed by atoms with Crippen LogP contribution in [0, 0.1) is 6.92 Å². The predicted octanol–water partition coefficient (Wildman–Crippen LogP) is 2.64. The molecule has 1 saturated heterocycles. The zero-order valence-electron chi connectivity index (χ0n) is 15.8. The van der Waals surface area contributed by atoms with E-state index < -0.39 is 0 Å². The number of nitrogens with one attached hydrogen (secondary N) is 1. The fraction of sp³-hybridized carbons (Fsp3) is 0.450. The molecular weight excluding hydrogens is 326 g/mol. The normalized spacial score (nSPS) is 15.7. The lowest BCUT2D eigenvalue weighted by molar-refractivity contribution is 0.0938. The number of carbonyl (C=O) groups excluding carboxylic acids is 1. The Morgan fingerprint density at radius 3 is 2.42 bits per heavy atom. The second-order valence-corrected chi connectivity index (χ2v) is 6.87. The van der Waals surface area contributed by atoms with Crippen LogP contribution in [0.3, 0.4) is 0 Å². The van der Waals surface area contributed by atoms with E-state index in [1.807, 2.05) is 13.8 Å². The van der Waals surface area contributed by atoms with Gasteiger partial charge in [0.1, 0.15) is 0 Å². The molecule has 6 nitrogen and oxygen atoms in total. The summed E-state index contributed by atoms with van der Waals surface area (Å²) in [5, 5.41) is 2.93. The highest BCUT2D eigenvalue weighted by Crippen LogP contribution is 2.19. The molecule has 1 aliphatic rings. The molecule has 26 heavy (non-hydrogen) atoms. The molecule has 0 saturated carbocycles. The van der Waals surface area contributed by atoms with Crippen molar-refractivity contribution < 1.29 is 4.79 Å². The number of hydrogen-bond donors (Lipinski definition) is 1. The summed E-state index contributed by atoms with van der Waals surface area (Å²) in [7, 11) is 0. The van der Waals surface area contributed by atoms with Crippen LogP contribution in [-0.2, 0) is 0 Å². The molecule has 3 rings (SSSR count). The fourth-order valence-corrected chi connectivity index (χ4v) is 3.00. The molecule has 0 spiro atoms. The van der Waals surface area contributed by atoms with Crippen LogP contribution in [0.4, 0.5) is 11.6 Å². The first-order valence-corrected chi connectivity index (χ1v) is 9.26. The van der Waals surface area contributed by atoms with Crippen LogP contribution in [-0.4, -0.2) is 48.1 Å². The molecular formula is C20H27N5O. The third kappa shape index (κ3) is 4.31. The predicted molar refractivity (Wildman–Crippen MR) is 105 cm³/mol. The first kappa shape index (κ1) is 18.2. The van der Waals surface area contributed by atoms with Crippen molar-refractivity contribution in [2.75, 3.05) is 36.0 Å². The third-order valence-corrected chi connectivity index (χ3v) is 4.82. The maximum atomic E-state index is 12.1. The number of aryl methyl sites for hydroxylation is 1. The average molecular weight is 353 g/mol. The Labute approximate surface area is 155 Å². The molecule has 6 heteroatoms. The van der Waals surface area contributed by atoms with Crippen molar-refractivity contribution in [1.29, 1.82) is 0 Å². The molecule has 1 atom stereocenters. The van der Waals surface area contributed by atoms with Crippen molar-refractivity contribution in [3.05, 3.63) is 47.8 Å². The summed E-state index contributed by atoms with van der Waals surface area (Å²) in [4.78, 5) is 25.5. The Balaban J connectivity index is 1.58. The van der Waals surface area contributed by atoms with E-state index in [2.05, 4.69) is 56.3 Å². The minimum atomic E-state index is -0.116. The number of anilines is 2. The van der Waals surface area contributed by atoms with Crippen LogP contribution in [0.5, 0.6) is 0 Å². The number of piperazine rings is 1. The first-order chi connectivity index (χ1) is 12.6. The van der Waals surface area contributed by atoms with Gasteiger partial charge in [-0.2, -0.15) is 0 Å². The summed E-state index contributed by atoms with van der Waals surface area (Å²) in [6.07, 6.45) is 4.13. The van der Waals surface area contributed by atoms with Crippen LogP contribution in [0.25, 0.3) is 0 Å². The summed E-state index contributed by atoms with van der Waals surface area (Å²) < 4.78 is 0. The van der Waals surface area contributed by atoms with Crippen molar-refractivity contribution in [3.8, 4) is 0 Å². The van der Waals surface area contributed by atoms with E-state index in [0.717, 1.165) is 32.6 Å². The summed E-state index contributed by atoms with van der Waals surface area (Å²) in [6.45, 7) is 9.75. The molecule has 0 bridgehead atoms. The van der Waals surface area contributed by atoms with Gasteiger partial charge >= 0.3 is 0 Å². The molecule has 1 N–H and O–H groups in total. The summed E-state index contributed by atoms with van der Waals surface area (Å²) >= 11 is 0. The number of aromatic nitrogens is 2. The molecule has 0 radical (unpaired) electrons. The van der Waals surface area contributed by atoms with Gasteiger partial charge < -0.3 is 15.1 Å². The minimum Gasteiger partial charge on any atom is -0.368 e. The zero-order valence-corrected chi connectivity index (χ0v) is 15.8. The van der Waals surface area contributed by atoms with E-state index >= 15 is 0 Å². The number of hydrogen-bond acceptors (Lipinski definition) is 5. The van der Waals surface area contributed by atoms with Crippen molar-refractivity contribution in [3.63, 3.8) is 0 Å². The Morgan fingerprint density at radius 2 is 1.81 bits per heavy atom. The Bertz CT molecular complexity index is 738. The molecule has 2 aromatic rings. The molecule has 2 heterocycles. The van der Waals surface area contributed by atoms with Crippen LogP contribution in [0.1, 0.15) is 36.2 Å². The number of amides is 1. The van der Waals surface area contributed by atoms with Gasteiger partial charge in [0.15, 0.2) is 0 Å². The molecule has 1 aliphatic heterocycles. The molecule has 1 unspecified atom stereocenters. The Morgan fingerprint density at radius 1 is 1.15 bits per heavy atom. The molecule has 1 aromatic carbocycles. The minimum absolute atomic E-state index is 0.116. The zero-order chi connectivity index (χ0) is 18.5. The van der Waals surface area contributed by atoms with Gasteiger partial charge in [0.25, 0.3) is 5.91 Å². The lowest BCUT2D eigenvalue weighted by Crippen LogP contribution is -2.47. The second-order valence-electron chi connectivity index (χ2n) is 6.87. The van der Waals surface area contributed by atoms with E-state index in [1.165, 1.54) is 11.3 Å². The molecule has 1 fully saturated rings. The smallest absolute Gasteiger partial charge is 0.254 e. The van der Waals surface area contributed by atoms with Crippen LogP contribution >= 0.6 is 0 Å². The van der Waals surface area contributed by atoms with Gasteiger partial charge in [-0.1, -0.05) is 19.1 Å². The lowest BCUT2D eigenvalue weighted by Gasteiger charge is -2.36. The summed E-state index contributed by atoms with van der Waals surface area (Å²) in [6, 6.07) is 8.74. The first-order valence-electron chi connectivity index (χ1n) is 9.26. The average Bonchev–Trinajstić information content (AvgIpc) is 2.68. The SMILES string of the molecule is CCC(C)NC(=O)c1cnc(N2CCN(c3cccc(C)c3)CC2)nc1. The lowest BCUT2D eigenvalue weighted by atomic mass is 10.2. The Kier molecular flexibility index (Phi) is 5.71. The highest BCUT2D eigenvalue weighted by molar-refractivity contribution is 5.93. The topological polar surface area (TPSA) is 61.4 Å². The Hall–Kier alpha value is -2.63. The van der Waals surface area contributed by atoms with Gasteiger partial charge in [0.2, 0.25) is 5.95 Å². The maximum absolute atomic E-state index is 12.1. The van der Waals surface area contributed by atoms with E-state index in [9.17, 15) is 4.79 Å². The van der Waals surface area contributed by atoms with Crippen LogP contribution in [0.2, 0.25) is 0 Å². The molecule has 1 amide bonds. The number of benzene rings is 1. The largest absolute Gasteiger partial charge is 0.368 e. The van der Waals surface area contributed by atoms with E-state index in [0.29, 0.717) is 11.5 Å². The van der Waals surface area contributed by atoms with Crippen LogP contribution in [0.15, 0.2) is 36.7 Å². The van der Waals surface area contributed by atoms with E-state index in [1.54, 1.807) is 12.4 Å². The van der Waals surface area contributed by atoms with E-state index in [-0.39, 0.29) is 11.9 Å². The number of rotatable bonds is 5. The number of nitrogens with zero attached hydrogens (tertiary/aromatic N) is 4. The van der Waals surface area contributed by atoms with Crippen molar-refractivity contribution in [2.24, 2.45) is 0 Å². The van der Waals surface area contributed by atoms with Gasteiger partial charge in [-0.15, -0.1) is 0 Å². The highest BCUT2D eigenvalue weighted by Gasteiger charge is 2.20. The maximum Gasteiger partial charge on any atom is 0.254 e. The fourth-order valence-electron chi connectivity index (χ4n) is 3.00. The van der Waals surface area contributed by atoms with Crippen molar-refractivity contribution in [2.45, 2.75) is 33.2 Å². The third-order valence-electron chi connectivity index (χ3n) is 4.82. The molecule has 0 aliphatic carbocycles. The quantitative estimate of drug-likeness (QED) is 0.895. The van der Waals surface area contributed by atoms with Gasteiger partial charge in [-0.3, -0.25) is 4.79 Å². The van der Waals surface area contributed by atoms with Gasteiger partial charge in [0, 0.05) is 50.3 Å². The van der Waals surface area contributed by atoms with Gasteiger partial charge in [-0.25, -0.2) is 9.97 Å². The number of carbonyl (C=O) groups is 1. The standard InChI is InChI=1S/C20H27N5O/c1-4-16(3)23-19(26)17-13-21-20(22-14-17)25-10-8-24(9-11-25)18-7-5-6-15(2)12-18/h5-7,12-14,16H,4,8-11H2,1-3H3,(H,23,26). The molecule has 138 valence electrons. The second kappa shape index (κ2) is 8.17. The monoisotopic (exact) mass is 353 g/mol. The molecule has 1 aromatic heterocycles. The van der Waals surface area contributed by atoms with Gasteiger partial charge in [-0.05, 0) is 38.0 Å². The van der Waals surface area contributed by atoms with Crippen molar-refractivity contribution in [1.82, 2.24) is 15.3 Å². The van der Waals surface area contributed by atoms with Gasteiger partial charge in [0.05, 0.1) is 5.56 Å². The summed E-state index contributed by atoms with van der Waals surface area (Å²) in [5.74, 6) is 0.573.